The predicted octanol–water partition coefficient (Wildman–Crippen LogP) is 8.23. The number of rotatable bonds is 9. The SMILES string of the molecule is CC(C)C(CCN(Cc1cccc2c1oc1ccccc12)Cc1cccc2c1oc1ccccc12)C(=O)O. The molecule has 1 N–H and O–H groups in total. The molecule has 5 heteroatoms. The summed E-state index contributed by atoms with van der Waals surface area (Å²) in [4.78, 5) is 14.3. The van der Waals surface area contributed by atoms with Gasteiger partial charge in [-0.2, -0.15) is 0 Å². The highest BCUT2D eigenvalue weighted by Crippen LogP contribution is 2.34. The lowest BCUT2D eigenvalue weighted by molar-refractivity contribution is -0.143. The van der Waals surface area contributed by atoms with Gasteiger partial charge in [0.15, 0.2) is 0 Å². The lowest BCUT2D eigenvalue weighted by atomic mass is 9.92. The Hall–Kier alpha value is -4.09. The van der Waals surface area contributed by atoms with E-state index >= 15 is 0 Å². The Balaban J connectivity index is 1.38. The summed E-state index contributed by atoms with van der Waals surface area (Å²) in [6.45, 7) is 5.87. The number of nitrogens with zero attached hydrogens (tertiary/aromatic N) is 1. The average Bonchev–Trinajstić information content (AvgIpc) is 3.48. The first-order valence-corrected chi connectivity index (χ1v) is 13.2. The number of carboxylic acid groups (broad SMARTS) is 1. The molecule has 1 unspecified atom stereocenters. The third-order valence-electron chi connectivity index (χ3n) is 7.64. The minimum Gasteiger partial charge on any atom is -0.481 e. The van der Waals surface area contributed by atoms with Gasteiger partial charge in [0.2, 0.25) is 0 Å². The third-order valence-corrected chi connectivity index (χ3v) is 7.64. The molecule has 0 saturated carbocycles. The van der Waals surface area contributed by atoms with E-state index in [2.05, 4.69) is 53.4 Å². The Morgan fingerprint density at radius 1 is 0.711 bits per heavy atom. The molecular weight excluding hydrogens is 474 g/mol. The number of benzene rings is 4. The molecule has 0 spiro atoms. The number of hydrogen-bond acceptors (Lipinski definition) is 4. The van der Waals surface area contributed by atoms with Crippen LogP contribution >= 0.6 is 0 Å². The molecule has 0 amide bonds. The average molecular weight is 506 g/mol. The van der Waals surface area contributed by atoms with Crippen molar-refractivity contribution in [3.63, 3.8) is 0 Å². The van der Waals surface area contributed by atoms with Gasteiger partial charge in [-0.1, -0.05) is 86.6 Å². The number of furan rings is 2. The van der Waals surface area contributed by atoms with E-state index in [4.69, 9.17) is 8.83 Å². The number of carbonyl (C=O) groups is 1. The van der Waals surface area contributed by atoms with E-state index in [0.29, 0.717) is 26.1 Å². The summed E-state index contributed by atoms with van der Waals surface area (Å²) < 4.78 is 12.6. The Morgan fingerprint density at radius 3 is 1.66 bits per heavy atom. The predicted molar refractivity (Wildman–Crippen MR) is 152 cm³/mol. The second-order valence-corrected chi connectivity index (χ2v) is 10.5. The summed E-state index contributed by atoms with van der Waals surface area (Å²) >= 11 is 0. The van der Waals surface area contributed by atoms with Crippen molar-refractivity contribution >= 4 is 49.8 Å². The van der Waals surface area contributed by atoms with Crippen LogP contribution in [-0.4, -0.2) is 22.5 Å². The zero-order valence-electron chi connectivity index (χ0n) is 21.7. The van der Waals surface area contributed by atoms with Gasteiger partial charge in [0.25, 0.3) is 0 Å². The van der Waals surface area contributed by atoms with Crippen molar-refractivity contribution in [3.8, 4) is 0 Å². The summed E-state index contributed by atoms with van der Waals surface area (Å²) in [5.41, 5.74) is 5.70. The van der Waals surface area contributed by atoms with E-state index in [-0.39, 0.29) is 5.92 Å². The van der Waals surface area contributed by atoms with E-state index in [1.54, 1.807) is 0 Å². The van der Waals surface area contributed by atoms with E-state index in [1.165, 1.54) is 0 Å². The van der Waals surface area contributed by atoms with Crippen molar-refractivity contribution < 1.29 is 18.7 Å². The highest BCUT2D eigenvalue weighted by molar-refractivity contribution is 6.06. The van der Waals surface area contributed by atoms with Crippen molar-refractivity contribution in [2.24, 2.45) is 11.8 Å². The molecule has 0 radical (unpaired) electrons. The van der Waals surface area contributed by atoms with Crippen molar-refractivity contribution in [3.05, 3.63) is 96.1 Å². The molecule has 0 aliphatic carbocycles. The lowest BCUT2D eigenvalue weighted by Crippen LogP contribution is -2.29. The molecule has 4 aromatic carbocycles. The number of aliphatic carboxylic acids is 1. The Morgan fingerprint density at radius 2 is 1.18 bits per heavy atom. The molecule has 192 valence electrons. The first kappa shape index (κ1) is 24.3. The maximum Gasteiger partial charge on any atom is 0.306 e. The van der Waals surface area contributed by atoms with Crippen LogP contribution in [0.25, 0.3) is 43.9 Å². The van der Waals surface area contributed by atoms with Gasteiger partial charge in [0.05, 0.1) is 5.92 Å². The molecule has 0 bridgehead atoms. The van der Waals surface area contributed by atoms with E-state index in [9.17, 15) is 9.90 Å². The summed E-state index contributed by atoms with van der Waals surface area (Å²) in [6, 6.07) is 28.8. The summed E-state index contributed by atoms with van der Waals surface area (Å²) in [5, 5.41) is 14.2. The van der Waals surface area contributed by atoms with Gasteiger partial charge < -0.3 is 13.9 Å². The lowest BCUT2D eigenvalue weighted by Gasteiger charge is -2.25. The molecule has 0 saturated heterocycles. The maximum absolute atomic E-state index is 12.0. The van der Waals surface area contributed by atoms with Gasteiger partial charge in [0.1, 0.15) is 22.3 Å². The van der Waals surface area contributed by atoms with Crippen LogP contribution in [0.2, 0.25) is 0 Å². The van der Waals surface area contributed by atoms with Crippen LogP contribution in [0.4, 0.5) is 0 Å². The van der Waals surface area contributed by atoms with E-state index in [0.717, 1.165) is 55.0 Å². The molecule has 0 aliphatic rings. The first-order valence-electron chi connectivity index (χ1n) is 13.2. The van der Waals surface area contributed by atoms with Crippen molar-refractivity contribution in [1.29, 1.82) is 0 Å². The van der Waals surface area contributed by atoms with E-state index in [1.807, 2.05) is 50.2 Å². The number of carboxylic acids is 1. The quantitative estimate of drug-likeness (QED) is 0.214. The topological polar surface area (TPSA) is 66.8 Å². The Kier molecular flexibility index (Phi) is 6.38. The maximum atomic E-state index is 12.0. The van der Waals surface area contributed by atoms with Crippen LogP contribution in [0.1, 0.15) is 31.4 Å². The second-order valence-electron chi connectivity index (χ2n) is 10.5. The Bertz CT molecular complexity index is 1640. The minimum atomic E-state index is -0.737. The van der Waals surface area contributed by atoms with Crippen molar-refractivity contribution in [1.82, 2.24) is 4.90 Å². The molecule has 2 heterocycles. The molecule has 1 atom stereocenters. The van der Waals surface area contributed by atoms with Gasteiger partial charge in [-0.05, 0) is 31.0 Å². The summed E-state index contributed by atoms with van der Waals surface area (Å²) in [7, 11) is 0. The van der Waals surface area contributed by atoms with Gasteiger partial charge in [0, 0.05) is 45.8 Å². The highest BCUT2D eigenvalue weighted by atomic mass is 16.4. The largest absolute Gasteiger partial charge is 0.481 e. The van der Waals surface area contributed by atoms with Crippen LogP contribution in [0, 0.1) is 11.8 Å². The highest BCUT2D eigenvalue weighted by Gasteiger charge is 2.24. The zero-order chi connectivity index (χ0) is 26.2. The molecule has 0 fully saturated rings. The van der Waals surface area contributed by atoms with Crippen LogP contribution in [-0.2, 0) is 17.9 Å². The monoisotopic (exact) mass is 505 g/mol. The van der Waals surface area contributed by atoms with Crippen molar-refractivity contribution in [2.45, 2.75) is 33.4 Å². The molecular formula is C33H31NO4. The first-order chi connectivity index (χ1) is 18.5. The van der Waals surface area contributed by atoms with E-state index < -0.39 is 11.9 Å². The van der Waals surface area contributed by atoms with Crippen LogP contribution in [0.15, 0.2) is 93.8 Å². The molecule has 0 aliphatic heterocycles. The second kappa shape index (κ2) is 9.99. The molecule has 6 rings (SSSR count). The number of hydrogen-bond donors (Lipinski definition) is 1. The van der Waals surface area contributed by atoms with Crippen molar-refractivity contribution in [2.75, 3.05) is 6.54 Å². The normalized spacial score (nSPS) is 12.9. The van der Waals surface area contributed by atoms with Crippen LogP contribution in [0.3, 0.4) is 0 Å². The number of para-hydroxylation sites is 4. The van der Waals surface area contributed by atoms with Crippen LogP contribution in [0.5, 0.6) is 0 Å². The molecule has 38 heavy (non-hydrogen) atoms. The van der Waals surface area contributed by atoms with Gasteiger partial charge in [-0.15, -0.1) is 0 Å². The standard InChI is InChI=1S/C33H31NO4/c1-21(2)24(33(35)36)17-18-34(19-22-9-7-13-27-25-11-3-5-15-29(25)37-31(22)27)20-23-10-8-14-28-26-12-4-6-16-30(26)38-32(23)28/h3-16,21,24H,17-20H2,1-2H3,(H,35,36). The zero-order valence-corrected chi connectivity index (χ0v) is 21.7. The Labute approximate surface area is 221 Å². The number of fused-ring (bicyclic) bond motifs is 6. The molecule has 5 nitrogen and oxygen atoms in total. The molecule has 2 aromatic heterocycles. The smallest absolute Gasteiger partial charge is 0.306 e. The summed E-state index contributed by atoms with van der Waals surface area (Å²) in [6.07, 6.45) is 0.569. The fraction of sp³-hybridized carbons (Fsp3) is 0.242. The third kappa shape index (κ3) is 4.44. The van der Waals surface area contributed by atoms with Gasteiger partial charge in [-0.3, -0.25) is 9.69 Å². The summed E-state index contributed by atoms with van der Waals surface area (Å²) in [5.74, 6) is -1.08. The van der Waals surface area contributed by atoms with Gasteiger partial charge >= 0.3 is 5.97 Å². The van der Waals surface area contributed by atoms with Crippen LogP contribution < -0.4 is 0 Å². The fourth-order valence-electron chi connectivity index (χ4n) is 5.62. The molecule has 6 aromatic rings. The minimum absolute atomic E-state index is 0.0620. The fourth-order valence-corrected chi connectivity index (χ4v) is 5.62. The van der Waals surface area contributed by atoms with Gasteiger partial charge in [-0.25, -0.2) is 0 Å².